The predicted molar refractivity (Wildman–Crippen MR) is 46.8 cm³/mol. The lowest BCUT2D eigenvalue weighted by atomic mass is 10.0. The van der Waals surface area contributed by atoms with Gasteiger partial charge in [0.2, 0.25) is 0 Å². The van der Waals surface area contributed by atoms with Crippen LogP contribution in [0.2, 0.25) is 0 Å². The van der Waals surface area contributed by atoms with Crippen LogP contribution in [0, 0.1) is 17.2 Å². The molecule has 1 heterocycles. The summed E-state index contributed by atoms with van der Waals surface area (Å²) in [6.07, 6.45) is 3.02. The van der Waals surface area contributed by atoms with Crippen LogP contribution < -0.4 is 5.32 Å². The minimum absolute atomic E-state index is 0.00662. The lowest BCUT2D eigenvalue weighted by Gasteiger charge is -2.24. The molecule has 0 radical (unpaired) electrons. The van der Waals surface area contributed by atoms with Crippen molar-refractivity contribution in [2.45, 2.75) is 25.3 Å². The highest BCUT2D eigenvalue weighted by Crippen LogP contribution is 2.30. The Bertz CT molecular complexity index is 258. The van der Waals surface area contributed by atoms with E-state index < -0.39 is 0 Å². The molecule has 70 valence electrons. The molecule has 1 saturated heterocycles. The van der Waals surface area contributed by atoms with E-state index in [1.54, 1.807) is 0 Å². The van der Waals surface area contributed by atoms with Crippen molar-refractivity contribution in [1.29, 1.82) is 5.26 Å². The fourth-order valence-electron chi connectivity index (χ4n) is 2.27. The van der Waals surface area contributed by atoms with Crippen molar-refractivity contribution in [3.05, 3.63) is 0 Å². The minimum atomic E-state index is 0.00662. The van der Waals surface area contributed by atoms with Crippen molar-refractivity contribution in [3.8, 4) is 6.07 Å². The largest absolute Gasteiger partial charge is 0.336 e. The fraction of sp³-hybridized carbons (Fsp3) is 0.778. The Balaban J connectivity index is 2.07. The van der Waals surface area contributed by atoms with Crippen LogP contribution in [0.25, 0.3) is 0 Å². The highest BCUT2D eigenvalue weighted by atomic mass is 16.2. The maximum Gasteiger partial charge on any atom is 0.317 e. The van der Waals surface area contributed by atoms with E-state index in [1.165, 1.54) is 0 Å². The van der Waals surface area contributed by atoms with Gasteiger partial charge in [0.05, 0.1) is 12.0 Å². The number of carbonyl (C=O) groups excluding carboxylic acids is 1. The molecule has 2 amide bonds. The summed E-state index contributed by atoms with van der Waals surface area (Å²) in [6, 6.07) is 2.47. The van der Waals surface area contributed by atoms with Crippen LogP contribution in [0.1, 0.15) is 19.3 Å². The predicted octanol–water partition coefficient (Wildman–Crippen LogP) is 0.704. The zero-order valence-electron chi connectivity index (χ0n) is 7.49. The zero-order valence-corrected chi connectivity index (χ0v) is 7.49. The van der Waals surface area contributed by atoms with Gasteiger partial charge in [-0.3, -0.25) is 0 Å². The van der Waals surface area contributed by atoms with Crippen molar-refractivity contribution in [2.24, 2.45) is 5.92 Å². The van der Waals surface area contributed by atoms with Gasteiger partial charge in [-0.15, -0.1) is 0 Å². The van der Waals surface area contributed by atoms with Crippen molar-refractivity contribution >= 4 is 6.03 Å². The molecule has 2 atom stereocenters. The molecule has 4 nitrogen and oxygen atoms in total. The molecule has 13 heavy (non-hydrogen) atoms. The molecule has 0 aromatic carbocycles. The summed E-state index contributed by atoms with van der Waals surface area (Å²) in [4.78, 5) is 13.1. The Morgan fingerprint density at radius 3 is 3.00 bits per heavy atom. The molecule has 2 fully saturated rings. The highest BCUT2D eigenvalue weighted by molar-refractivity contribution is 5.76. The molecule has 2 rings (SSSR count). The van der Waals surface area contributed by atoms with E-state index in [4.69, 9.17) is 5.26 Å². The fourth-order valence-corrected chi connectivity index (χ4v) is 2.27. The Hall–Kier alpha value is -1.24. The molecule has 0 spiro atoms. The second-order valence-corrected chi connectivity index (χ2v) is 3.66. The van der Waals surface area contributed by atoms with Gasteiger partial charge in [0.1, 0.15) is 0 Å². The maximum absolute atomic E-state index is 11.3. The van der Waals surface area contributed by atoms with Crippen LogP contribution in [-0.4, -0.2) is 30.1 Å². The number of urea groups is 1. The van der Waals surface area contributed by atoms with E-state index >= 15 is 0 Å². The number of nitrogens with one attached hydrogen (secondary N) is 1. The van der Waals surface area contributed by atoms with E-state index in [2.05, 4.69) is 11.4 Å². The molecule has 2 unspecified atom stereocenters. The van der Waals surface area contributed by atoms with Crippen LogP contribution in [0.15, 0.2) is 0 Å². The summed E-state index contributed by atoms with van der Waals surface area (Å²) in [5.74, 6) is 0.0591. The number of nitrogens with zero attached hydrogens (tertiary/aromatic N) is 2. The van der Waals surface area contributed by atoms with Gasteiger partial charge < -0.3 is 10.2 Å². The lowest BCUT2D eigenvalue weighted by Crippen LogP contribution is -2.39. The van der Waals surface area contributed by atoms with Crippen LogP contribution in [-0.2, 0) is 0 Å². The first kappa shape index (κ1) is 8.36. The van der Waals surface area contributed by atoms with E-state index in [0.717, 1.165) is 32.4 Å². The van der Waals surface area contributed by atoms with Gasteiger partial charge in [-0.2, -0.15) is 5.26 Å². The summed E-state index contributed by atoms with van der Waals surface area (Å²) >= 11 is 0. The molecule has 4 heteroatoms. The summed E-state index contributed by atoms with van der Waals surface area (Å²) in [7, 11) is 0. The molecule has 0 aromatic heterocycles. The van der Waals surface area contributed by atoms with Crippen molar-refractivity contribution in [2.75, 3.05) is 13.1 Å². The smallest absolute Gasteiger partial charge is 0.317 e. The van der Waals surface area contributed by atoms with Gasteiger partial charge in [0.15, 0.2) is 0 Å². The monoisotopic (exact) mass is 179 g/mol. The average Bonchev–Trinajstić information content (AvgIpc) is 2.71. The van der Waals surface area contributed by atoms with E-state index in [1.807, 2.05) is 4.90 Å². The summed E-state index contributed by atoms with van der Waals surface area (Å²) in [5.41, 5.74) is 0. The van der Waals surface area contributed by atoms with Crippen LogP contribution >= 0.6 is 0 Å². The summed E-state index contributed by atoms with van der Waals surface area (Å²) in [5, 5.41) is 11.6. The SMILES string of the molecule is N#CC1CCCC1N1CCNC1=O. The average molecular weight is 179 g/mol. The van der Waals surface area contributed by atoms with Gasteiger partial charge >= 0.3 is 6.03 Å². The van der Waals surface area contributed by atoms with Crippen molar-refractivity contribution in [1.82, 2.24) is 10.2 Å². The zero-order chi connectivity index (χ0) is 9.26. The highest BCUT2D eigenvalue weighted by Gasteiger charge is 2.36. The molecular formula is C9H13N3O. The number of amides is 2. The van der Waals surface area contributed by atoms with Crippen LogP contribution in [0.4, 0.5) is 4.79 Å². The van der Waals surface area contributed by atoms with E-state index in [9.17, 15) is 4.79 Å². The minimum Gasteiger partial charge on any atom is -0.336 e. The second kappa shape index (κ2) is 3.25. The Labute approximate surface area is 77.5 Å². The van der Waals surface area contributed by atoms with Gasteiger partial charge in [0.25, 0.3) is 0 Å². The maximum atomic E-state index is 11.3. The van der Waals surface area contributed by atoms with E-state index in [0.29, 0.717) is 0 Å². The third-order valence-electron chi connectivity index (χ3n) is 2.94. The van der Waals surface area contributed by atoms with E-state index in [-0.39, 0.29) is 18.0 Å². The molecule has 1 aliphatic heterocycles. The number of rotatable bonds is 1. The molecule has 0 bridgehead atoms. The van der Waals surface area contributed by atoms with Crippen molar-refractivity contribution in [3.63, 3.8) is 0 Å². The number of carbonyl (C=O) groups is 1. The molecule has 2 aliphatic rings. The Morgan fingerprint density at radius 1 is 1.54 bits per heavy atom. The normalized spacial score (nSPS) is 33.2. The molecular weight excluding hydrogens is 166 g/mol. The summed E-state index contributed by atoms with van der Waals surface area (Å²) < 4.78 is 0. The van der Waals surface area contributed by atoms with Crippen molar-refractivity contribution < 1.29 is 4.79 Å². The third-order valence-corrected chi connectivity index (χ3v) is 2.94. The number of nitriles is 1. The first-order valence-electron chi connectivity index (χ1n) is 4.77. The van der Waals surface area contributed by atoms with Crippen LogP contribution in [0.5, 0.6) is 0 Å². The Morgan fingerprint density at radius 2 is 2.38 bits per heavy atom. The van der Waals surface area contributed by atoms with Gasteiger partial charge in [0, 0.05) is 19.1 Å². The number of hydrogen-bond donors (Lipinski definition) is 1. The van der Waals surface area contributed by atoms with Gasteiger partial charge in [-0.05, 0) is 19.3 Å². The lowest BCUT2D eigenvalue weighted by molar-refractivity contribution is 0.191. The van der Waals surface area contributed by atoms with Gasteiger partial charge in [-0.25, -0.2) is 4.79 Å². The third kappa shape index (κ3) is 1.35. The number of hydrogen-bond acceptors (Lipinski definition) is 2. The second-order valence-electron chi connectivity index (χ2n) is 3.66. The Kier molecular flexibility index (Phi) is 2.09. The first-order valence-corrected chi connectivity index (χ1v) is 4.77. The molecule has 1 saturated carbocycles. The van der Waals surface area contributed by atoms with Crippen LogP contribution in [0.3, 0.4) is 0 Å². The molecule has 0 aromatic rings. The molecule has 1 aliphatic carbocycles. The molecule has 1 N–H and O–H groups in total. The van der Waals surface area contributed by atoms with Gasteiger partial charge in [-0.1, -0.05) is 0 Å². The topological polar surface area (TPSA) is 56.1 Å². The summed E-state index contributed by atoms with van der Waals surface area (Å²) in [6.45, 7) is 1.50. The first-order chi connectivity index (χ1) is 6.33. The standard InChI is InChI=1S/C9H13N3O/c10-6-7-2-1-3-8(7)12-5-4-11-9(12)13/h7-8H,1-5H2,(H,11,13). The quantitative estimate of drug-likeness (QED) is 0.644.